The number of nitrogens with two attached hydrogens (primary N) is 1. The molecule has 0 saturated heterocycles. The molecule has 4 heteroatoms. The summed E-state index contributed by atoms with van der Waals surface area (Å²) in [7, 11) is 0. The van der Waals surface area contributed by atoms with Gasteiger partial charge in [0.05, 0.1) is 13.2 Å². The van der Waals surface area contributed by atoms with Crippen LogP contribution in [-0.4, -0.2) is 19.2 Å². The van der Waals surface area contributed by atoms with E-state index < -0.39 is 5.97 Å². The molecule has 1 fully saturated rings. The van der Waals surface area contributed by atoms with Crippen LogP contribution in [0.2, 0.25) is 0 Å². The van der Waals surface area contributed by atoms with E-state index in [4.69, 9.17) is 15.2 Å². The number of ether oxygens (including phenoxy) is 2. The van der Waals surface area contributed by atoms with Crippen LogP contribution >= 0.6 is 0 Å². The smallest absolute Gasteiger partial charge is 0.344 e. The summed E-state index contributed by atoms with van der Waals surface area (Å²) in [6, 6.07) is 5.18. The number of carbonyl (C=O) groups is 1. The molecule has 1 aromatic rings. The molecule has 0 unspecified atom stereocenters. The van der Waals surface area contributed by atoms with Crippen LogP contribution in [0.3, 0.4) is 0 Å². The molecule has 4 nitrogen and oxygen atoms in total. The number of benzene rings is 1. The van der Waals surface area contributed by atoms with Crippen molar-refractivity contribution in [2.24, 2.45) is 5.92 Å². The van der Waals surface area contributed by atoms with Crippen LogP contribution in [0.15, 0.2) is 18.2 Å². The molecule has 0 aromatic heterocycles. The summed E-state index contributed by atoms with van der Waals surface area (Å²) in [5, 5.41) is 0. The van der Waals surface area contributed by atoms with E-state index in [9.17, 15) is 4.79 Å². The zero-order valence-corrected chi connectivity index (χ0v) is 10.6. The van der Waals surface area contributed by atoms with Gasteiger partial charge >= 0.3 is 5.97 Å². The maximum atomic E-state index is 12.0. The molecule has 2 rings (SSSR count). The lowest BCUT2D eigenvalue weighted by Gasteiger charge is -2.12. The largest absolute Gasteiger partial charge is 0.493 e. The Morgan fingerprint density at radius 2 is 2.22 bits per heavy atom. The van der Waals surface area contributed by atoms with Crippen molar-refractivity contribution in [3.63, 3.8) is 0 Å². The van der Waals surface area contributed by atoms with Gasteiger partial charge in [0.25, 0.3) is 0 Å². The van der Waals surface area contributed by atoms with Crippen molar-refractivity contribution in [3.8, 4) is 5.75 Å². The third-order valence-electron chi connectivity index (χ3n) is 3.02. The summed E-state index contributed by atoms with van der Waals surface area (Å²) in [4.78, 5) is 12.0. The van der Waals surface area contributed by atoms with Gasteiger partial charge in [-0.1, -0.05) is 18.9 Å². The van der Waals surface area contributed by atoms with Crippen LogP contribution in [0.25, 0.3) is 0 Å². The zero-order chi connectivity index (χ0) is 13.0. The minimum absolute atomic E-state index is 0.343. The topological polar surface area (TPSA) is 61.5 Å². The van der Waals surface area contributed by atoms with Gasteiger partial charge in [0.1, 0.15) is 11.3 Å². The molecule has 1 aliphatic carbocycles. The highest BCUT2D eigenvalue weighted by atomic mass is 16.5. The predicted octanol–water partition coefficient (Wildman–Crippen LogP) is 2.62. The van der Waals surface area contributed by atoms with Gasteiger partial charge in [0.2, 0.25) is 0 Å². The van der Waals surface area contributed by atoms with Crippen molar-refractivity contribution in [2.45, 2.75) is 26.2 Å². The first-order valence-electron chi connectivity index (χ1n) is 6.40. The lowest BCUT2D eigenvalue weighted by atomic mass is 10.1. The molecule has 0 atom stereocenters. The Morgan fingerprint density at radius 1 is 1.44 bits per heavy atom. The summed E-state index contributed by atoms with van der Waals surface area (Å²) < 4.78 is 10.6. The van der Waals surface area contributed by atoms with Crippen LogP contribution < -0.4 is 10.5 Å². The van der Waals surface area contributed by atoms with Crippen molar-refractivity contribution in [2.75, 3.05) is 18.9 Å². The molecule has 2 N–H and O–H groups in total. The van der Waals surface area contributed by atoms with Gasteiger partial charge in [-0.15, -0.1) is 0 Å². The van der Waals surface area contributed by atoms with E-state index in [1.165, 1.54) is 12.8 Å². The highest BCUT2D eigenvalue weighted by molar-refractivity contribution is 5.98. The fourth-order valence-corrected chi connectivity index (χ4v) is 1.84. The first kappa shape index (κ1) is 12.7. The Balaban J connectivity index is 2.01. The Labute approximate surface area is 107 Å². The van der Waals surface area contributed by atoms with E-state index >= 15 is 0 Å². The van der Waals surface area contributed by atoms with E-state index in [1.54, 1.807) is 18.2 Å². The first-order chi connectivity index (χ1) is 8.72. The first-order valence-corrected chi connectivity index (χ1v) is 6.40. The summed E-state index contributed by atoms with van der Waals surface area (Å²) in [6.45, 7) is 2.82. The molecular formula is C14H19NO3. The fourth-order valence-electron chi connectivity index (χ4n) is 1.84. The number of anilines is 1. The van der Waals surface area contributed by atoms with E-state index in [0.29, 0.717) is 30.2 Å². The van der Waals surface area contributed by atoms with E-state index in [1.807, 2.05) is 6.92 Å². The van der Waals surface area contributed by atoms with Gasteiger partial charge in [0.15, 0.2) is 0 Å². The second kappa shape index (κ2) is 5.76. The average molecular weight is 249 g/mol. The fraction of sp³-hybridized carbons (Fsp3) is 0.500. The van der Waals surface area contributed by atoms with Crippen molar-refractivity contribution >= 4 is 11.7 Å². The van der Waals surface area contributed by atoms with Gasteiger partial charge in [-0.3, -0.25) is 0 Å². The monoisotopic (exact) mass is 249 g/mol. The normalized spacial score (nSPS) is 14.3. The summed E-state index contributed by atoms with van der Waals surface area (Å²) in [6.07, 6.45) is 3.47. The van der Waals surface area contributed by atoms with Crippen LogP contribution in [0, 0.1) is 5.92 Å². The van der Waals surface area contributed by atoms with E-state index in [2.05, 4.69) is 0 Å². The van der Waals surface area contributed by atoms with Gasteiger partial charge < -0.3 is 15.2 Å². The number of hydrogen-bond donors (Lipinski definition) is 1. The van der Waals surface area contributed by atoms with E-state index in [-0.39, 0.29) is 0 Å². The van der Waals surface area contributed by atoms with Gasteiger partial charge in [-0.2, -0.15) is 0 Å². The standard InChI is InChI=1S/C14H19NO3/c1-2-17-12-5-3-4-11(15)13(12)14(16)18-9-8-10-6-7-10/h3-5,10H,2,6-9,15H2,1H3. The van der Waals surface area contributed by atoms with Crippen LogP contribution in [-0.2, 0) is 4.74 Å². The van der Waals surface area contributed by atoms with Crippen LogP contribution in [0.4, 0.5) is 5.69 Å². The third kappa shape index (κ3) is 3.15. The number of rotatable bonds is 6. The molecule has 1 saturated carbocycles. The highest BCUT2D eigenvalue weighted by Crippen LogP contribution is 2.32. The number of esters is 1. The second-order valence-corrected chi connectivity index (χ2v) is 4.52. The Bertz CT molecular complexity index is 427. The van der Waals surface area contributed by atoms with Crippen molar-refractivity contribution < 1.29 is 14.3 Å². The summed E-state index contributed by atoms with van der Waals surface area (Å²) in [5.41, 5.74) is 6.56. The molecule has 98 valence electrons. The molecule has 1 aliphatic rings. The Hall–Kier alpha value is -1.71. The third-order valence-corrected chi connectivity index (χ3v) is 3.02. The molecule has 1 aromatic carbocycles. The van der Waals surface area contributed by atoms with Crippen molar-refractivity contribution in [1.29, 1.82) is 0 Å². The Morgan fingerprint density at radius 3 is 2.89 bits per heavy atom. The lowest BCUT2D eigenvalue weighted by molar-refractivity contribution is 0.0492. The minimum Gasteiger partial charge on any atom is -0.493 e. The van der Waals surface area contributed by atoms with Gasteiger partial charge in [0, 0.05) is 5.69 Å². The average Bonchev–Trinajstić information content (AvgIpc) is 3.13. The SMILES string of the molecule is CCOc1cccc(N)c1C(=O)OCCC1CC1. The van der Waals surface area contributed by atoms with Crippen molar-refractivity contribution in [3.05, 3.63) is 23.8 Å². The number of nitrogen functional groups attached to an aromatic ring is 1. The molecule has 18 heavy (non-hydrogen) atoms. The number of hydrogen-bond acceptors (Lipinski definition) is 4. The molecule has 0 aliphatic heterocycles. The highest BCUT2D eigenvalue weighted by Gasteiger charge is 2.22. The lowest BCUT2D eigenvalue weighted by Crippen LogP contribution is -2.12. The predicted molar refractivity (Wildman–Crippen MR) is 69.6 cm³/mol. The molecule has 0 bridgehead atoms. The quantitative estimate of drug-likeness (QED) is 0.622. The zero-order valence-electron chi connectivity index (χ0n) is 10.6. The maximum absolute atomic E-state index is 12.0. The van der Waals surface area contributed by atoms with Gasteiger partial charge in [-0.05, 0) is 31.4 Å². The summed E-state index contributed by atoms with van der Waals surface area (Å²) >= 11 is 0. The summed E-state index contributed by atoms with van der Waals surface area (Å²) in [5.74, 6) is 0.850. The molecule has 0 amide bonds. The maximum Gasteiger partial charge on any atom is 0.344 e. The molecule has 0 heterocycles. The van der Waals surface area contributed by atoms with Crippen LogP contribution in [0.1, 0.15) is 36.5 Å². The molecule has 0 spiro atoms. The van der Waals surface area contributed by atoms with Crippen molar-refractivity contribution in [1.82, 2.24) is 0 Å². The molecule has 0 radical (unpaired) electrons. The Kier molecular flexibility index (Phi) is 4.07. The minimum atomic E-state index is -0.391. The number of carbonyl (C=O) groups excluding carboxylic acids is 1. The van der Waals surface area contributed by atoms with Crippen LogP contribution in [0.5, 0.6) is 5.75 Å². The van der Waals surface area contributed by atoms with Gasteiger partial charge in [-0.25, -0.2) is 4.79 Å². The van der Waals surface area contributed by atoms with E-state index in [0.717, 1.165) is 12.3 Å². The molecular weight excluding hydrogens is 230 g/mol. The second-order valence-electron chi connectivity index (χ2n) is 4.52.